The maximum Gasteiger partial charge on any atom is 0.340 e. The first-order valence-corrected chi connectivity index (χ1v) is 18.0. The third-order valence-electron chi connectivity index (χ3n) is 10.3. The van der Waals surface area contributed by atoms with Crippen molar-refractivity contribution < 1.29 is 9.50 Å². The van der Waals surface area contributed by atoms with Gasteiger partial charge >= 0.3 is 11.7 Å². The fourth-order valence-electron chi connectivity index (χ4n) is 8.02. The van der Waals surface area contributed by atoms with Gasteiger partial charge in [0.15, 0.2) is 22.9 Å². The van der Waals surface area contributed by atoms with Crippen LogP contribution in [0, 0.1) is 0 Å². The molecule has 0 fully saturated rings. The van der Waals surface area contributed by atoms with Crippen LogP contribution < -0.4 is 27.0 Å². The van der Waals surface area contributed by atoms with Gasteiger partial charge in [0.05, 0.1) is 46.2 Å². The molecule has 4 N–H and O–H groups in total. The van der Waals surface area contributed by atoms with Crippen molar-refractivity contribution in [3.63, 3.8) is 0 Å². The minimum Gasteiger partial charge on any atom is -0.397 e. The average Bonchev–Trinajstić information content (AvgIpc) is 3.72. The number of benzene rings is 4. The molecule has 16 nitrogen and oxygen atoms in total. The molecule has 12 rings (SSSR count). The number of nitrogens with zero attached hydrogens (tertiary/aromatic N) is 12. The zero-order valence-corrected chi connectivity index (χ0v) is 30.4. The van der Waals surface area contributed by atoms with E-state index >= 15 is 0 Å². The largest absolute Gasteiger partial charge is 0.397 e. The molecule has 17 heteroatoms. The van der Waals surface area contributed by atoms with Crippen LogP contribution in [0.1, 0.15) is 7.43 Å². The van der Waals surface area contributed by atoms with Crippen molar-refractivity contribution in [1.82, 2.24) is 48.7 Å². The molecule has 60 heavy (non-hydrogen) atoms. The molecule has 0 spiro atoms. The van der Waals surface area contributed by atoms with E-state index in [9.17, 15) is 9.59 Å². The standard InChI is InChI=1S/C21H16N8O.C21H10N6O.CH4.FH/c22-15-5-1-3-13-14-4-2-6-16(23)20(14)29(18-12-25-8-10-27-18)21(30)28(19(13)15)17-11-24-7-9-26-17;28-21-26-17-11(3-1-5-13(17)15-19(26)24-9-7-22-15)12-4-2-6-14-16-20(25-10-8-23-16)27(21)18(12)14;;/h1-12H,22-23H2;1-10H;1H4;1H. The van der Waals surface area contributed by atoms with E-state index in [-0.39, 0.29) is 17.8 Å². The van der Waals surface area contributed by atoms with E-state index in [2.05, 4.69) is 39.9 Å². The highest BCUT2D eigenvalue weighted by atomic mass is 19.0. The highest BCUT2D eigenvalue weighted by molar-refractivity contribution is 6.23. The Morgan fingerprint density at radius 3 is 1.30 bits per heavy atom. The number of amides is 2. The van der Waals surface area contributed by atoms with Crippen LogP contribution in [-0.2, 0) is 0 Å². The second-order valence-electron chi connectivity index (χ2n) is 13.4. The molecule has 0 saturated heterocycles. The van der Waals surface area contributed by atoms with Crippen LogP contribution in [0.3, 0.4) is 0 Å². The molecule has 1 aliphatic rings. The van der Waals surface area contributed by atoms with Gasteiger partial charge in [-0.25, -0.2) is 48.1 Å². The van der Waals surface area contributed by atoms with E-state index in [0.29, 0.717) is 56.7 Å². The Morgan fingerprint density at radius 1 is 0.467 bits per heavy atom. The summed E-state index contributed by atoms with van der Waals surface area (Å²) in [6.07, 6.45) is 15.6. The van der Waals surface area contributed by atoms with Gasteiger partial charge in [-0.1, -0.05) is 68.1 Å². The first-order valence-electron chi connectivity index (χ1n) is 18.0. The molecule has 7 aromatic heterocycles. The number of rotatable bonds is 2. The molecule has 0 saturated carbocycles. The number of fused-ring (bicyclic) bond motifs is 10. The van der Waals surface area contributed by atoms with E-state index < -0.39 is 6.03 Å². The molecule has 1 aliphatic heterocycles. The van der Waals surface area contributed by atoms with Gasteiger partial charge < -0.3 is 11.5 Å². The van der Waals surface area contributed by atoms with Crippen molar-refractivity contribution in [2.45, 2.75) is 7.43 Å². The monoisotopic (exact) mass is 794 g/mol. The van der Waals surface area contributed by atoms with E-state index in [4.69, 9.17) is 11.5 Å². The minimum absolute atomic E-state index is 0. The Bertz CT molecular complexity index is 3280. The van der Waals surface area contributed by atoms with E-state index in [0.717, 1.165) is 43.7 Å². The molecule has 0 unspecified atom stereocenters. The number of para-hydroxylation sites is 4. The first-order chi connectivity index (χ1) is 28.5. The topological polar surface area (TPSA) is 205 Å². The normalized spacial score (nSPS) is 12.2. The predicted molar refractivity (Wildman–Crippen MR) is 231 cm³/mol. The van der Waals surface area contributed by atoms with Gasteiger partial charge in [0, 0.05) is 82.2 Å². The number of halogens is 1. The van der Waals surface area contributed by atoms with Gasteiger partial charge in [-0.15, -0.1) is 0 Å². The summed E-state index contributed by atoms with van der Waals surface area (Å²) < 4.78 is 3.31. The Kier molecular flexibility index (Phi) is 8.62. The van der Waals surface area contributed by atoms with Crippen molar-refractivity contribution in [2.24, 2.45) is 0 Å². The second kappa shape index (κ2) is 14.0. The van der Waals surface area contributed by atoms with Gasteiger partial charge in [0.1, 0.15) is 11.0 Å². The number of urea groups is 1. The summed E-state index contributed by atoms with van der Waals surface area (Å²) in [7, 11) is 0. The lowest BCUT2D eigenvalue weighted by molar-refractivity contribution is 0.255. The molecule has 0 atom stereocenters. The molecule has 11 aromatic rings. The van der Waals surface area contributed by atoms with Crippen molar-refractivity contribution >= 4 is 95.3 Å². The maximum atomic E-state index is 14.0. The number of nitrogen functional groups attached to an aromatic ring is 2. The van der Waals surface area contributed by atoms with E-state index in [1.165, 1.54) is 47.0 Å². The van der Waals surface area contributed by atoms with Gasteiger partial charge in [-0.2, -0.15) is 0 Å². The van der Waals surface area contributed by atoms with Crippen LogP contribution in [0.15, 0.2) is 140 Å². The summed E-state index contributed by atoms with van der Waals surface area (Å²) in [6.45, 7) is 0. The van der Waals surface area contributed by atoms with E-state index in [1.54, 1.807) is 45.7 Å². The number of nitrogens with two attached hydrogens (primary N) is 2. The van der Waals surface area contributed by atoms with Crippen LogP contribution in [-0.4, -0.2) is 54.7 Å². The highest BCUT2D eigenvalue weighted by Crippen LogP contribution is 2.49. The zero-order valence-electron chi connectivity index (χ0n) is 30.4. The number of hydrogen-bond acceptors (Lipinski definition) is 12. The Labute approximate surface area is 337 Å². The second-order valence-corrected chi connectivity index (χ2v) is 13.4. The summed E-state index contributed by atoms with van der Waals surface area (Å²) in [5.74, 6) is 0.642. The number of anilines is 6. The third kappa shape index (κ3) is 5.15. The lowest BCUT2D eigenvalue weighted by Crippen LogP contribution is -2.38. The summed E-state index contributed by atoms with van der Waals surface area (Å²) >= 11 is 0. The minimum atomic E-state index is -0.452. The molecule has 0 radical (unpaired) electrons. The van der Waals surface area contributed by atoms with Crippen molar-refractivity contribution in [3.8, 4) is 11.1 Å². The average molecular weight is 795 g/mol. The lowest BCUT2D eigenvalue weighted by atomic mass is 9.99. The van der Waals surface area contributed by atoms with Crippen LogP contribution in [0.4, 0.5) is 43.9 Å². The molecule has 0 aliphatic carbocycles. The Hall–Kier alpha value is -8.73. The summed E-state index contributed by atoms with van der Waals surface area (Å²) in [5.41, 5.74) is 20.0. The lowest BCUT2D eigenvalue weighted by Gasteiger charge is -2.28. The molecular formula is C43H31FN14O2. The molecule has 8 heterocycles. The number of hydrogen-bond donors (Lipinski definition) is 2. The van der Waals surface area contributed by atoms with Gasteiger partial charge in [0.25, 0.3) is 0 Å². The van der Waals surface area contributed by atoms with Crippen molar-refractivity contribution in [3.05, 3.63) is 145 Å². The quantitative estimate of drug-likeness (QED) is 0.164. The highest BCUT2D eigenvalue weighted by Gasteiger charge is 2.37. The predicted octanol–water partition coefficient (Wildman–Crippen LogP) is 7.48. The molecule has 2 amide bonds. The van der Waals surface area contributed by atoms with Gasteiger partial charge in [-0.3, -0.25) is 24.6 Å². The van der Waals surface area contributed by atoms with Gasteiger partial charge in [-0.05, 0) is 12.1 Å². The Morgan fingerprint density at radius 2 is 0.867 bits per heavy atom. The van der Waals surface area contributed by atoms with E-state index in [1.807, 2.05) is 60.7 Å². The zero-order chi connectivity index (χ0) is 39.1. The number of aromatic nitrogens is 10. The molecular weight excluding hydrogens is 764 g/mol. The summed E-state index contributed by atoms with van der Waals surface area (Å²) in [5, 5.41) is 3.76. The molecule has 292 valence electrons. The number of carbonyl (C=O) groups excluding carboxylic acids is 1. The van der Waals surface area contributed by atoms with Crippen LogP contribution in [0.2, 0.25) is 0 Å². The third-order valence-corrected chi connectivity index (χ3v) is 10.3. The fraction of sp³-hybridized carbons (Fsp3) is 0.0233. The maximum absolute atomic E-state index is 14.0. The number of carbonyl (C=O) groups is 1. The van der Waals surface area contributed by atoms with Crippen LogP contribution in [0.25, 0.3) is 66.0 Å². The summed E-state index contributed by atoms with van der Waals surface area (Å²) in [4.78, 5) is 65.5. The SMILES string of the molecule is C.F.Nc1cccc2c1N(c1cnccn1)C(=O)N(c1cnccn1)c1c(N)cccc1-2.O=c1n2c3nccnc3c3cccc(c4cccc5c6nccnc6n1c45)c32. The summed E-state index contributed by atoms with van der Waals surface area (Å²) in [6, 6.07) is 22.5. The molecule has 4 aromatic carbocycles. The van der Waals surface area contributed by atoms with Gasteiger partial charge in [0.2, 0.25) is 0 Å². The Balaban J connectivity index is 0.000000149. The first kappa shape index (κ1) is 36.9. The van der Waals surface area contributed by atoms with Crippen LogP contribution in [0.5, 0.6) is 0 Å². The fourth-order valence-corrected chi connectivity index (χ4v) is 8.02. The van der Waals surface area contributed by atoms with Crippen LogP contribution >= 0.6 is 0 Å². The molecule has 0 bridgehead atoms. The van der Waals surface area contributed by atoms with Crippen molar-refractivity contribution in [2.75, 3.05) is 21.3 Å². The van der Waals surface area contributed by atoms with Crippen molar-refractivity contribution in [1.29, 1.82) is 0 Å². The smallest absolute Gasteiger partial charge is 0.340 e.